The molecule has 2 N–H and O–H groups in total. The molecular weight excluding hydrogens is 261 g/mol. The van der Waals surface area contributed by atoms with Crippen LogP contribution in [0.4, 0.5) is 10.1 Å². The summed E-state index contributed by atoms with van der Waals surface area (Å²) < 4.78 is 18.9. The lowest BCUT2D eigenvalue weighted by atomic mass is 10.1. The molecule has 2 heterocycles. The molecule has 0 aliphatic carbocycles. The van der Waals surface area contributed by atoms with E-state index in [1.165, 1.54) is 6.07 Å². The van der Waals surface area contributed by atoms with Crippen molar-refractivity contribution < 1.29 is 13.9 Å². The van der Waals surface area contributed by atoms with Gasteiger partial charge in [-0.05, 0) is 18.6 Å². The first-order valence-corrected chi connectivity index (χ1v) is 6.88. The minimum atomic E-state index is -0.267. The van der Waals surface area contributed by atoms with Gasteiger partial charge in [0.2, 0.25) is 5.91 Å². The number of para-hydroxylation sites is 1. The van der Waals surface area contributed by atoms with Crippen molar-refractivity contribution in [3.05, 3.63) is 30.1 Å². The van der Waals surface area contributed by atoms with Crippen LogP contribution in [0.1, 0.15) is 6.42 Å². The number of anilines is 1. The van der Waals surface area contributed by atoms with Crippen molar-refractivity contribution in [3.63, 3.8) is 0 Å². The first-order chi connectivity index (χ1) is 9.74. The number of carbonyl (C=O) groups excluding carboxylic acids is 1. The summed E-state index contributed by atoms with van der Waals surface area (Å²) in [5.41, 5.74) is 3.61. The van der Waals surface area contributed by atoms with Crippen molar-refractivity contribution >= 4 is 11.6 Å². The summed E-state index contributed by atoms with van der Waals surface area (Å²) in [6.07, 6.45) is 0.781. The van der Waals surface area contributed by atoms with Crippen LogP contribution in [0.5, 0.6) is 0 Å². The van der Waals surface area contributed by atoms with E-state index in [1.807, 2.05) is 0 Å². The highest BCUT2D eigenvalue weighted by Gasteiger charge is 2.29. The van der Waals surface area contributed by atoms with Gasteiger partial charge in [-0.15, -0.1) is 0 Å². The summed E-state index contributed by atoms with van der Waals surface area (Å²) in [6, 6.07) is 6.59. The summed E-state index contributed by atoms with van der Waals surface area (Å²) in [7, 11) is 0. The molecule has 0 bridgehead atoms. The summed E-state index contributed by atoms with van der Waals surface area (Å²) >= 11 is 0. The molecule has 2 saturated heterocycles. The molecule has 5 nitrogen and oxygen atoms in total. The van der Waals surface area contributed by atoms with Crippen LogP contribution < -0.4 is 15.8 Å². The van der Waals surface area contributed by atoms with E-state index in [-0.39, 0.29) is 23.7 Å². The third-order valence-electron chi connectivity index (χ3n) is 3.72. The van der Waals surface area contributed by atoms with Gasteiger partial charge in [0, 0.05) is 13.2 Å². The first kappa shape index (κ1) is 13.3. The molecule has 20 heavy (non-hydrogen) atoms. The molecule has 2 atom stereocenters. The molecular formula is C14H18FN3O2. The van der Waals surface area contributed by atoms with Gasteiger partial charge in [0.1, 0.15) is 5.82 Å². The predicted octanol–water partition coefficient (Wildman–Crippen LogP) is 0.672. The van der Waals surface area contributed by atoms with E-state index in [2.05, 4.69) is 10.7 Å². The van der Waals surface area contributed by atoms with Crippen molar-refractivity contribution in [2.24, 2.45) is 5.92 Å². The van der Waals surface area contributed by atoms with E-state index in [1.54, 1.807) is 23.2 Å². The average Bonchev–Trinajstić information content (AvgIpc) is 3.10. The van der Waals surface area contributed by atoms with Crippen LogP contribution in [-0.2, 0) is 9.53 Å². The zero-order valence-corrected chi connectivity index (χ0v) is 11.1. The monoisotopic (exact) mass is 279 g/mol. The van der Waals surface area contributed by atoms with Crippen molar-refractivity contribution in [2.75, 3.05) is 31.3 Å². The molecule has 6 heteroatoms. The number of nitrogens with zero attached hydrogens (tertiary/aromatic N) is 1. The van der Waals surface area contributed by atoms with Crippen LogP contribution in [0.15, 0.2) is 24.3 Å². The number of halogens is 1. The lowest BCUT2D eigenvalue weighted by molar-refractivity contribution is -0.125. The number of hydrogen-bond donors (Lipinski definition) is 2. The van der Waals surface area contributed by atoms with Gasteiger partial charge in [-0.3, -0.25) is 4.79 Å². The maximum Gasteiger partial charge on any atom is 0.225 e. The zero-order chi connectivity index (χ0) is 13.9. The maximum atomic E-state index is 13.7. The van der Waals surface area contributed by atoms with Crippen LogP contribution in [0.2, 0.25) is 0 Å². The van der Waals surface area contributed by atoms with Gasteiger partial charge in [-0.2, -0.15) is 0 Å². The van der Waals surface area contributed by atoms with Gasteiger partial charge >= 0.3 is 0 Å². The van der Waals surface area contributed by atoms with Gasteiger partial charge < -0.3 is 15.1 Å². The number of carbonyl (C=O) groups is 1. The van der Waals surface area contributed by atoms with Crippen molar-refractivity contribution in [1.29, 1.82) is 0 Å². The summed E-state index contributed by atoms with van der Waals surface area (Å²) in [4.78, 5) is 12.0. The number of hydrazine groups is 1. The van der Waals surface area contributed by atoms with Gasteiger partial charge in [0.15, 0.2) is 0 Å². The molecule has 0 saturated carbocycles. The largest absolute Gasteiger partial charge is 0.381 e. The maximum absolute atomic E-state index is 13.7. The summed E-state index contributed by atoms with van der Waals surface area (Å²) in [5, 5.41) is 4.74. The second kappa shape index (κ2) is 5.76. The standard InChI is InChI=1S/C14H18FN3O2/c15-12-3-1-2-4-13(12)18-8-11(7-16-18)17-14(19)10-5-6-20-9-10/h1-4,10-11,16H,5-9H2,(H,17,19). The summed E-state index contributed by atoms with van der Waals surface area (Å²) in [6.45, 7) is 2.32. The molecule has 108 valence electrons. The molecule has 2 aliphatic heterocycles. The Labute approximate surface area is 117 Å². The fourth-order valence-corrected chi connectivity index (χ4v) is 2.58. The number of rotatable bonds is 3. The lowest BCUT2D eigenvalue weighted by Gasteiger charge is -2.19. The topological polar surface area (TPSA) is 53.6 Å². The predicted molar refractivity (Wildman–Crippen MR) is 72.6 cm³/mol. The van der Waals surface area contributed by atoms with Crippen LogP contribution in [0.3, 0.4) is 0 Å². The molecule has 1 aromatic rings. The smallest absolute Gasteiger partial charge is 0.225 e. The molecule has 1 amide bonds. The molecule has 2 fully saturated rings. The second-order valence-electron chi connectivity index (χ2n) is 5.19. The van der Waals surface area contributed by atoms with Gasteiger partial charge in [0.25, 0.3) is 0 Å². The Kier molecular flexibility index (Phi) is 3.84. The second-order valence-corrected chi connectivity index (χ2v) is 5.19. The van der Waals surface area contributed by atoms with Crippen LogP contribution in [0.25, 0.3) is 0 Å². The normalized spacial score (nSPS) is 25.9. The number of benzene rings is 1. The van der Waals surface area contributed by atoms with Crippen LogP contribution in [0, 0.1) is 11.7 Å². The van der Waals surface area contributed by atoms with E-state index in [9.17, 15) is 9.18 Å². The zero-order valence-electron chi connectivity index (χ0n) is 11.1. The van der Waals surface area contributed by atoms with Crippen molar-refractivity contribution in [1.82, 2.24) is 10.7 Å². The molecule has 2 unspecified atom stereocenters. The minimum absolute atomic E-state index is 0.0114. The molecule has 3 rings (SSSR count). The van der Waals surface area contributed by atoms with E-state index < -0.39 is 0 Å². The highest BCUT2D eigenvalue weighted by atomic mass is 19.1. The quantitative estimate of drug-likeness (QED) is 0.854. The Balaban J connectivity index is 1.57. The minimum Gasteiger partial charge on any atom is -0.381 e. The number of hydrogen-bond acceptors (Lipinski definition) is 4. The van der Waals surface area contributed by atoms with Crippen molar-refractivity contribution in [3.8, 4) is 0 Å². The highest BCUT2D eigenvalue weighted by molar-refractivity contribution is 5.79. The highest BCUT2D eigenvalue weighted by Crippen LogP contribution is 2.19. The third kappa shape index (κ3) is 2.76. The number of nitrogens with one attached hydrogen (secondary N) is 2. The fourth-order valence-electron chi connectivity index (χ4n) is 2.58. The van der Waals surface area contributed by atoms with E-state index in [0.29, 0.717) is 32.0 Å². The number of amides is 1. The van der Waals surface area contributed by atoms with E-state index in [0.717, 1.165) is 6.42 Å². The average molecular weight is 279 g/mol. The molecule has 1 aromatic carbocycles. The van der Waals surface area contributed by atoms with E-state index >= 15 is 0 Å². The Morgan fingerprint density at radius 2 is 2.30 bits per heavy atom. The fraction of sp³-hybridized carbons (Fsp3) is 0.500. The molecule has 0 radical (unpaired) electrons. The first-order valence-electron chi connectivity index (χ1n) is 6.88. The lowest BCUT2D eigenvalue weighted by Crippen LogP contribution is -2.42. The SMILES string of the molecule is O=C(NC1CNN(c2ccccc2F)C1)C1CCOC1. The van der Waals surface area contributed by atoms with Crippen LogP contribution >= 0.6 is 0 Å². The van der Waals surface area contributed by atoms with Crippen LogP contribution in [-0.4, -0.2) is 38.3 Å². The van der Waals surface area contributed by atoms with Gasteiger partial charge in [-0.1, -0.05) is 12.1 Å². The molecule has 0 spiro atoms. The Bertz CT molecular complexity index is 491. The Hall–Kier alpha value is -1.66. The Morgan fingerprint density at radius 3 is 3.05 bits per heavy atom. The molecule has 2 aliphatic rings. The van der Waals surface area contributed by atoms with Gasteiger partial charge in [-0.25, -0.2) is 9.82 Å². The van der Waals surface area contributed by atoms with E-state index in [4.69, 9.17) is 4.74 Å². The Morgan fingerprint density at radius 1 is 1.45 bits per heavy atom. The van der Waals surface area contributed by atoms with Gasteiger partial charge in [0.05, 0.1) is 30.8 Å². The summed E-state index contributed by atoms with van der Waals surface area (Å²) in [5.74, 6) is -0.279. The van der Waals surface area contributed by atoms with Crippen molar-refractivity contribution in [2.45, 2.75) is 12.5 Å². The molecule has 0 aromatic heterocycles. The third-order valence-corrected chi connectivity index (χ3v) is 3.72. The number of ether oxygens (including phenoxy) is 1.